The molecule has 0 bridgehead atoms. The SMILES string of the molecule is CN/C=C(\C(=N)c1ccc(OCCN(C)C)cc1)c1cnc2ccc(N/C(N)=C/C(=C\N)C(C)C)nc2c1. The summed E-state index contributed by atoms with van der Waals surface area (Å²) in [5.74, 6) is 2.05. The number of nitrogens with one attached hydrogen (secondary N) is 3. The van der Waals surface area contributed by atoms with Crippen molar-refractivity contribution in [2.24, 2.45) is 17.4 Å². The van der Waals surface area contributed by atoms with E-state index in [1.54, 1.807) is 31.7 Å². The summed E-state index contributed by atoms with van der Waals surface area (Å²) < 4.78 is 5.78. The normalized spacial score (nSPS) is 12.8. The number of pyridine rings is 2. The van der Waals surface area contributed by atoms with Crippen molar-refractivity contribution in [2.75, 3.05) is 39.6 Å². The van der Waals surface area contributed by atoms with Crippen LogP contribution in [-0.2, 0) is 0 Å². The van der Waals surface area contributed by atoms with E-state index < -0.39 is 0 Å². The highest BCUT2D eigenvalue weighted by Crippen LogP contribution is 2.24. The molecule has 0 radical (unpaired) electrons. The number of nitrogens with zero attached hydrogens (tertiary/aromatic N) is 3. The molecule has 9 nitrogen and oxygen atoms in total. The van der Waals surface area contributed by atoms with E-state index in [4.69, 9.17) is 26.6 Å². The van der Waals surface area contributed by atoms with E-state index in [1.165, 1.54) is 0 Å². The molecule has 38 heavy (non-hydrogen) atoms. The zero-order valence-corrected chi connectivity index (χ0v) is 22.7. The Morgan fingerprint density at radius 1 is 1.11 bits per heavy atom. The molecular weight excluding hydrogens is 476 g/mol. The summed E-state index contributed by atoms with van der Waals surface area (Å²) in [6.07, 6.45) is 6.91. The predicted octanol–water partition coefficient (Wildman–Crippen LogP) is 3.91. The monoisotopic (exact) mass is 514 g/mol. The lowest BCUT2D eigenvalue weighted by Gasteiger charge is -2.13. The van der Waals surface area contributed by atoms with Crippen LogP contribution in [0.4, 0.5) is 5.82 Å². The van der Waals surface area contributed by atoms with Gasteiger partial charge in [0.1, 0.15) is 24.0 Å². The largest absolute Gasteiger partial charge is 0.492 e. The van der Waals surface area contributed by atoms with Crippen LogP contribution in [0.15, 0.2) is 78.5 Å². The summed E-state index contributed by atoms with van der Waals surface area (Å²) in [6, 6.07) is 13.2. The summed E-state index contributed by atoms with van der Waals surface area (Å²) in [6.45, 7) is 5.53. The van der Waals surface area contributed by atoms with E-state index >= 15 is 0 Å². The minimum absolute atomic E-state index is 0.246. The van der Waals surface area contributed by atoms with Crippen molar-refractivity contribution in [1.29, 1.82) is 5.41 Å². The van der Waals surface area contributed by atoms with E-state index in [0.29, 0.717) is 35.0 Å². The number of anilines is 1. The number of ether oxygens (including phenoxy) is 1. The van der Waals surface area contributed by atoms with Crippen molar-refractivity contribution in [3.8, 4) is 5.75 Å². The van der Waals surface area contributed by atoms with Crippen molar-refractivity contribution >= 4 is 28.1 Å². The lowest BCUT2D eigenvalue weighted by atomic mass is 9.97. The van der Waals surface area contributed by atoms with Gasteiger partial charge in [-0.2, -0.15) is 0 Å². The van der Waals surface area contributed by atoms with Crippen LogP contribution in [0.3, 0.4) is 0 Å². The summed E-state index contributed by atoms with van der Waals surface area (Å²) in [5.41, 5.74) is 16.8. The molecule has 0 saturated heterocycles. The van der Waals surface area contributed by atoms with Crippen LogP contribution in [0.1, 0.15) is 25.0 Å². The van der Waals surface area contributed by atoms with E-state index in [-0.39, 0.29) is 5.92 Å². The van der Waals surface area contributed by atoms with Gasteiger partial charge in [0, 0.05) is 42.7 Å². The third kappa shape index (κ3) is 7.57. The summed E-state index contributed by atoms with van der Waals surface area (Å²) >= 11 is 0. The van der Waals surface area contributed by atoms with E-state index in [9.17, 15) is 0 Å². The number of allylic oxidation sites excluding steroid dienone is 3. The predicted molar refractivity (Wildman–Crippen MR) is 157 cm³/mol. The van der Waals surface area contributed by atoms with Gasteiger partial charge in [0.25, 0.3) is 0 Å². The van der Waals surface area contributed by atoms with Gasteiger partial charge in [0.05, 0.1) is 16.7 Å². The molecule has 2 heterocycles. The maximum atomic E-state index is 8.90. The standard InChI is InChI=1S/C29H38N8O/c1-19(2)21(16-30)15-27(31)36-28-11-10-25-26(35-28)14-22(17-34-25)24(18-33-3)29(32)20-6-8-23(9-7-20)38-13-12-37(4)5/h6-11,14-19,32-33H,12-13,30-31H2,1-5H3,(H,35,36)/b21-16+,24-18-,27-15+,32-29?. The van der Waals surface area contributed by atoms with Gasteiger partial charge in [0.15, 0.2) is 0 Å². The van der Waals surface area contributed by atoms with Gasteiger partial charge in [-0.3, -0.25) is 10.4 Å². The van der Waals surface area contributed by atoms with Gasteiger partial charge in [-0.1, -0.05) is 13.8 Å². The van der Waals surface area contributed by atoms with Crippen LogP contribution in [-0.4, -0.2) is 54.9 Å². The molecule has 3 rings (SSSR count). The van der Waals surface area contributed by atoms with Gasteiger partial charge in [-0.25, -0.2) is 4.98 Å². The molecule has 0 atom stereocenters. The number of likely N-dealkylation sites (N-methyl/N-ethyl adjacent to an activating group) is 1. The van der Waals surface area contributed by atoms with Gasteiger partial charge in [0.2, 0.25) is 0 Å². The number of hydrogen-bond acceptors (Lipinski definition) is 9. The number of nitrogens with two attached hydrogens (primary N) is 2. The minimum atomic E-state index is 0.246. The van der Waals surface area contributed by atoms with Crippen LogP contribution in [0.5, 0.6) is 5.75 Å². The molecule has 7 N–H and O–H groups in total. The van der Waals surface area contributed by atoms with Crippen molar-refractivity contribution in [3.63, 3.8) is 0 Å². The van der Waals surface area contributed by atoms with Crippen molar-refractivity contribution in [3.05, 3.63) is 89.7 Å². The summed E-state index contributed by atoms with van der Waals surface area (Å²) in [7, 11) is 5.82. The number of aromatic nitrogens is 2. The first-order valence-corrected chi connectivity index (χ1v) is 12.5. The number of hydrogen-bond donors (Lipinski definition) is 5. The molecule has 3 aromatic rings. The lowest BCUT2D eigenvalue weighted by molar-refractivity contribution is 0.261. The second kappa shape index (κ2) is 13.3. The fraction of sp³-hybridized carbons (Fsp3) is 0.276. The molecule has 2 aromatic heterocycles. The Morgan fingerprint density at radius 2 is 1.84 bits per heavy atom. The Labute approximate surface area is 224 Å². The Kier molecular flexibility index (Phi) is 9.84. The third-order valence-electron chi connectivity index (χ3n) is 5.81. The molecule has 0 amide bonds. The second-order valence-electron chi connectivity index (χ2n) is 9.40. The minimum Gasteiger partial charge on any atom is -0.492 e. The smallest absolute Gasteiger partial charge is 0.132 e. The van der Waals surface area contributed by atoms with E-state index in [0.717, 1.165) is 34.5 Å². The molecule has 0 spiro atoms. The number of fused-ring (bicyclic) bond motifs is 1. The Hall–Kier alpha value is -4.37. The van der Waals surface area contributed by atoms with Gasteiger partial charge < -0.3 is 31.7 Å². The Bertz CT molecular complexity index is 1340. The molecule has 0 aliphatic carbocycles. The molecule has 1 aromatic carbocycles. The molecule has 0 saturated carbocycles. The average Bonchev–Trinajstić information content (AvgIpc) is 2.89. The van der Waals surface area contributed by atoms with Crippen LogP contribution < -0.4 is 26.8 Å². The molecule has 9 heteroatoms. The molecular formula is C29H38N8O. The zero-order valence-electron chi connectivity index (χ0n) is 22.7. The third-order valence-corrected chi connectivity index (χ3v) is 5.81. The van der Waals surface area contributed by atoms with E-state index in [1.807, 2.05) is 70.4 Å². The van der Waals surface area contributed by atoms with Gasteiger partial charge in [-0.05, 0) is 80.3 Å². The lowest BCUT2D eigenvalue weighted by Crippen LogP contribution is -2.19. The highest BCUT2D eigenvalue weighted by molar-refractivity contribution is 6.30. The highest BCUT2D eigenvalue weighted by atomic mass is 16.5. The fourth-order valence-corrected chi connectivity index (χ4v) is 3.66. The molecule has 0 unspecified atom stereocenters. The average molecular weight is 515 g/mol. The van der Waals surface area contributed by atoms with E-state index in [2.05, 4.69) is 20.5 Å². The van der Waals surface area contributed by atoms with Gasteiger partial charge >= 0.3 is 0 Å². The Morgan fingerprint density at radius 3 is 2.47 bits per heavy atom. The maximum absolute atomic E-state index is 8.90. The second-order valence-corrected chi connectivity index (χ2v) is 9.40. The van der Waals surface area contributed by atoms with Crippen molar-refractivity contribution < 1.29 is 4.74 Å². The quantitative estimate of drug-likeness (QED) is 0.181. The number of rotatable bonds is 12. The van der Waals surface area contributed by atoms with Crippen molar-refractivity contribution in [2.45, 2.75) is 13.8 Å². The summed E-state index contributed by atoms with van der Waals surface area (Å²) in [4.78, 5) is 11.3. The Balaban J connectivity index is 1.84. The highest BCUT2D eigenvalue weighted by Gasteiger charge is 2.13. The van der Waals surface area contributed by atoms with Gasteiger partial charge in [-0.15, -0.1) is 0 Å². The molecule has 200 valence electrons. The first-order chi connectivity index (χ1) is 18.2. The first-order valence-electron chi connectivity index (χ1n) is 12.5. The zero-order chi connectivity index (χ0) is 27.7. The first kappa shape index (κ1) is 28.2. The molecule has 0 aliphatic rings. The number of benzene rings is 1. The maximum Gasteiger partial charge on any atom is 0.132 e. The van der Waals surface area contributed by atoms with Crippen molar-refractivity contribution in [1.82, 2.24) is 20.2 Å². The van der Waals surface area contributed by atoms with Crippen LogP contribution in [0.2, 0.25) is 0 Å². The van der Waals surface area contributed by atoms with Crippen LogP contribution in [0, 0.1) is 11.3 Å². The van der Waals surface area contributed by atoms with Crippen LogP contribution >= 0.6 is 0 Å². The fourth-order valence-electron chi connectivity index (χ4n) is 3.66. The van der Waals surface area contributed by atoms with Crippen LogP contribution in [0.25, 0.3) is 16.6 Å². The molecule has 0 aliphatic heterocycles. The summed E-state index contributed by atoms with van der Waals surface area (Å²) in [5, 5.41) is 15.1. The topological polar surface area (TPSA) is 138 Å². The molecule has 0 fully saturated rings.